The van der Waals surface area contributed by atoms with Crippen molar-refractivity contribution in [3.8, 4) is 0 Å². The minimum Gasteiger partial charge on any atom is -0.472 e. The molecule has 0 amide bonds. The fourth-order valence-corrected chi connectivity index (χ4v) is 4.85. The molecule has 3 heterocycles. The molecule has 0 spiro atoms. The van der Waals surface area contributed by atoms with Gasteiger partial charge in [-0.15, -0.1) is 0 Å². The zero-order chi connectivity index (χ0) is 19.7. The predicted molar refractivity (Wildman–Crippen MR) is 114 cm³/mol. The number of hydrogen-bond acceptors (Lipinski definition) is 3. The largest absolute Gasteiger partial charge is 0.472 e. The molecule has 3 nitrogen and oxygen atoms in total. The van der Waals surface area contributed by atoms with E-state index in [9.17, 15) is 0 Å². The van der Waals surface area contributed by atoms with Gasteiger partial charge in [0.15, 0.2) is 0 Å². The third kappa shape index (κ3) is 4.37. The Labute approximate surface area is 167 Å². The molecule has 0 bridgehead atoms. The van der Waals surface area contributed by atoms with Crippen LogP contribution in [0.2, 0.25) is 0 Å². The van der Waals surface area contributed by atoms with Crippen LogP contribution in [0.5, 0.6) is 0 Å². The lowest BCUT2D eigenvalue weighted by molar-refractivity contribution is 0.370. The van der Waals surface area contributed by atoms with Crippen LogP contribution in [0, 0.1) is 0 Å². The quantitative estimate of drug-likeness (QED) is 0.474. The molecule has 0 saturated heterocycles. The summed E-state index contributed by atoms with van der Waals surface area (Å²) in [6.45, 7) is 14.0. The van der Waals surface area contributed by atoms with Crippen molar-refractivity contribution in [1.82, 2.24) is 9.97 Å². The van der Waals surface area contributed by atoms with Gasteiger partial charge in [0.25, 0.3) is 0 Å². The summed E-state index contributed by atoms with van der Waals surface area (Å²) in [5, 5.41) is 4.68. The van der Waals surface area contributed by atoms with Gasteiger partial charge in [0, 0.05) is 17.3 Å². The lowest BCUT2D eigenvalue weighted by atomic mass is 9.72. The number of hydrogen-bond donors (Lipinski definition) is 1. The summed E-state index contributed by atoms with van der Waals surface area (Å²) in [7, 11) is 0. The molecular formula is C23H32N2OS. The molecular weight excluding hydrogens is 352 g/mol. The maximum Gasteiger partial charge on any atom is 0.0939 e. The smallest absolute Gasteiger partial charge is 0.0939 e. The number of nitrogens with one attached hydrogen (secondary N) is 1. The Balaban J connectivity index is 1.75. The third-order valence-corrected chi connectivity index (χ3v) is 6.80. The molecule has 0 aliphatic rings. The molecule has 0 fully saturated rings. The number of thiophene rings is 1. The first-order chi connectivity index (χ1) is 12.6. The van der Waals surface area contributed by atoms with Crippen LogP contribution in [0.25, 0.3) is 0 Å². The van der Waals surface area contributed by atoms with Gasteiger partial charge in [-0.25, -0.2) is 4.98 Å². The topological polar surface area (TPSA) is 41.8 Å². The highest BCUT2D eigenvalue weighted by Gasteiger charge is 2.31. The average molecular weight is 385 g/mol. The normalized spacial score (nSPS) is 13.3. The first kappa shape index (κ1) is 19.9. The van der Waals surface area contributed by atoms with Crippen molar-refractivity contribution in [2.24, 2.45) is 0 Å². The Morgan fingerprint density at radius 3 is 2.37 bits per heavy atom. The molecule has 0 aliphatic heterocycles. The van der Waals surface area contributed by atoms with Crippen molar-refractivity contribution >= 4 is 11.3 Å². The van der Waals surface area contributed by atoms with E-state index in [1.165, 1.54) is 22.4 Å². The first-order valence-corrected chi connectivity index (χ1v) is 10.6. The molecule has 1 N–H and O–H groups in total. The van der Waals surface area contributed by atoms with Crippen LogP contribution >= 0.6 is 11.3 Å². The molecule has 0 saturated carbocycles. The van der Waals surface area contributed by atoms with Crippen molar-refractivity contribution in [3.05, 3.63) is 64.3 Å². The fraction of sp³-hybridized carbons (Fsp3) is 0.522. The average Bonchev–Trinajstić information content (AvgIpc) is 3.32. The number of H-pyrrole nitrogens is 1. The molecule has 4 heteroatoms. The number of rotatable bonds is 8. The SMILES string of the molecule is CC(C)(CCC(C)(C)c1cscc1CC(C)(C)c1cnc[nH]1)c1ccoc1. The maximum absolute atomic E-state index is 5.31. The summed E-state index contributed by atoms with van der Waals surface area (Å²) in [6, 6.07) is 2.09. The zero-order valence-electron chi connectivity index (χ0n) is 17.4. The molecule has 0 aromatic carbocycles. The van der Waals surface area contributed by atoms with Crippen LogP contribution in [0.15, 0.2) is 46.3 Å². The third-order valence-electron chi connectivity index (χ3n) is 6.01. The number of aromatic nitrogens is 2. The number of furan rings is 1. The van der Waals surface area contributed by atoms with Gasteiger partial charge < -0.3 is 9.40 Å². The number of aromatic amines is 1. The molecule has 0 unspecified atom stereocenters. The molecule has 3 aromatic heterocycles. The van der Waals surface area contributed by atoms with E-state index in [4.69, 9.17) is 4.42 Å². The minimum atomic E-state index is 0.0401. The molecule has 3 aromatic rings. The summed E-state index contributed by atoms with van der Waals surface area (Å²) in [6.07, 6.45) is 10.7. The highest BCUT2D eigenvalue weighted by atomic mass is 32.1. The Morgan fingerprint density at radius 2 is 1.74 bits per heavy atom. The van der Waals surface area contributed by atoms with E-state index in [-0.39, 0.29) is 16.2 Å². The monoisotopic (exact) mass is 384 g/mol. The van der Waals surface area contributed by atoms with E-state index in [0.29, 0.717) is 0 Å². The summed E-state index contributed by atoms with van der Waals surface area (Å²) in [5.74, 6) is 0. The molecule has 0 radical (unpaired) electrons. The van der Waals surface area contributed by atoms with Crippen molar-refractivity contribution in [1.29, 1.82) is 0 Å². The fourth-order valence-electron chi connectivity index (χ4n) is 3.81. The Bertz CT molecular complexity index is 839. The number of nitrogens with zero attached hydrogens (tertiary/aromatic N) is 1. The van der Waals surface area contributed by atoms with Gasteiger partial charge >= 0.3 is 0 Å². The maximum atomic E-state index is 5.31. The van der Waals surface area contributed by atoms with Gasteiger partial charge in [-0.3, -0.25) is 0 Å². The highest BCUT2D eigenvalue weighted by Crippen LogP contribution is 2.40. The van der Waals surface area contributed by atoms with Gasteiger partial charge in [0.05, 0.1) is 18.9 Å². The standard InChI is InChI=1S/C23H32N2OS/c1-21(2,18-7-10-26-13-18)8-9-22(3,4)19-15-27-14-17(19)11-23(5,6)20-12-24-16-25-20/h7,10,12-16H,8-9,11H2,1-6H3,(H,24,25). The van der Waals surface area contributed by atoms with Crippen LogP contribution < -0.4 is 0 Å². The van der Waals surface area contributed by atoms with Crippen LogP contribution in [0.1, 0.15) is 76.8 Å². The molecule has 146 valence electrons. The molecule has 0 atom stereocenters. The number of imidazole rings is 1. The predicted octanol–water partition coefficient (Wildman–Crippen LogP) is 6.62. The summed E-state index contributed by atoms with van der Waals surface area (Å²) in [4.78, 5) is 7.50. The van der Waals surface area contributed by atoms with E-state index in [1.807, 2.05) is 23.8 Å². The summed E-state index contributed by atoms with van der Waals surface area (Å²) in [5.41, 5.74) is 5.73. The summed E-state index contributed by atoms with van der Waals surface area (Å²) >= 11 is 1.82. The first-order valence-electron chi connectivity index (χ1n) is 9.69. The van der Waals surface area contributed by atoms with Crippen LogP contribution in [0.3, 0.4) is 0 Å². The van der Waals surface area contributed by atoms with Crippen molar-refractivity contribution in [2.45, 2.75) is 77.0 Å². The van der Waals surface area contributed by atoms with E-state index < -0.39 is 0 Å². The van der Waals surface area contributed by atoms with E-state index >= 15 is 0 Å². The minimum absolute atomic E-state index is 0.0401. The lowest BCUT2D eigenvalue weighted by Crippen LogP contribution is -2.26. The van der Waals surface area contributed by atoms with Crippen LogP contribution in [-0.2, 0) is 22.7 Å². The van der Waals surface area contributed by atoms with E-state index in [0.717, 1.165) is 19.3 Å². The lowest BCUT2D eigenvalue weighted by Gasteiger charge is -2.32. The molecule has 0 aliphatic carbocycles. The van der Waals surface area contributed by atoms with Gasteiger partial charge in [-0.1, -0.05) is 41.5 Å². The zero-order valence-corrected chi connectivity index (χ0v) is 18.2. The van der Waals surface area contributed by atoms with Crippen molar-refractivity contribution in [3.63, 3.8) is 0 Å². The second-order valence-electron chi connectivity index (χ2n) is 9.62. The van der Waals surface area contributed by atoms with Gasteiger partial charge in [-0.05, 0) is 63.6 Å². The van der Waals surface area contributed by atoms with E-state index in [1.54, 1.807) is 12.6 Å². The second-order valence-corrected chi connectivity index (χ2v) is 10.4. The van der Waals surface area contributed by atoms with Crippen molar-refractivity contribution in [2.75, 3.05) is 0 Å². The molecule has 27 heavy (non-hydrogen) atoms. The highest BCUT2D eigenvalue weighted by molar-refractivity contribution is 7.08. The summed E-state index contributed by atoms with van der Waals surface area (Å²) < 4.78 is 5.31. The van der Waals surface area contributed by atoms with E-state index in [2.05, 4.69) is 68.3 Å². The second kappa shape index (κ2) is 7.31. The van der Waals surface area contributed by atoms with Gasteiger partial charge in [-0.2, -0.15) is 11.3 Å². The van der Waals surface area contributed by atoms with Crippen molar-refractivity contribution < 1.29 is 4.42 Å². The van der Waals surface area contributed by atoms with Crippen LogP contribution in [0.4, 0.5) is 0 Å². The van der Waals surface area contributed by atoms with Gasteiger partial charge in [0.1, 0.15) is 0 Å². The Kier molecular flexibility index (Phi) is 5.40. The molecule has 3 rings (SSSR count). The Morgan fingerprint density at radius 1 is 1.00 bits per heavy atom. The van der Waals surface area contributed by atoms with Gasteiger partial charge in [0.2, 0.25) is 0 Å². The Hall–Kier alpha value is -1.81. The van der Waals surface area contributed by atoms with Crippen LogP contribution in [-0.4, -0.2) is 9.97 Å².